The van der Waals surface area contributed by atoms with Crippen LogP contribution in [0.2, 0.25) is 5.02 Å². The molecule has 1 heterocycles. The van der Waals surface area contributed by atoms with Crippen LogP contribution in [-0.2, 0) is 0 Å². The van der Waals surface area contributed by atoms with E-state index < -0.39 is 5.91 Å². The smallest absolute Gasteiger partial charge is 0.293 e. The van der Waals surface area contributed by atoms with Gasteiger partial charge < -0.3 is 19.2 Å². The van der Waals surface area contributed by atoms with Gasteiger partial charge in [-0.05, 0) is 49.4 Å². The standard InChI is InChI=1S/C19H17ClN2O4/c1-11-18(25-12(2)21-11)19(23)22-16-10-13(20)4-9-17(16)26-15-7-5-14(24-3)6-8-15/h4-10H,1-3H3,(H,22,23). The number of ether oxygens (including phenoxy) is 2. The van der Waals surface area contributed by atoms with Crippen molar-refractivity contribution < 1.29 is 18.7 Å². The first kappa shape index (κ1) is 17.8. The number of amides is 1. The lowest BCUT2D eigenvalue weighted by Crippen LogP contribution is -2.13. The molecule has 3 aromatic rings. The van der Waals surface area contributed by atoms with E-state index in [1.807, 2.05) is 0 Å². The molecule has 0 aliphatic heterocycles. The van der Waals surface area contributed by atoms with Gasteiger partial charge in [-0.3, -0.25) is 4.79 Å². The Bertz CT molecular complexity index is 935. The van der Waals surface area contributed by atoms with E-state index in [1.165, 1.54) is 0 Å². The van der Waals surface area contributed by atoms with Crippen LogP contribution in [-0.4, -0.2) is 18.0 Å². The molecule has 1 amide bonds. The van der Waals surface area contributed by atoms with Gasteiger partial charge in [0.25, 0.3) is 5.91 Å². The Kier molecular flexibility index (Phi) is 5.14. The summed E-state index contributed by atoms with van der Waals surface area (Å²) in [5, 5.41) is 3.22. The topological polar surface area (TPSA) is 73.6 Å². The minimum absolute atomic E-state index is 0.151. The third kappa shape index (κ3) is 3.97. The fourth-order valence-corrected chi connectivity index (χ4v) is 2.55. The number of oxazole rings is 1. The Hall–Kier alpha value is -2.99. The molecule has 2 aromatic carbocycles. The number of nitrogens with zero attached hydrogens (tertiary/aromatic N) is 1. The second-order valence-corrected chi connectivity index (χ2v) is 5.96. The molecule has 7 heteroatoms. The number of rotatable bonds is 5. The number of benzene rings is 2. The molecule has 1 N–H and O–H groups in total. The highest BCUT2D eigenvalue weighted by Gasteiger charge is 2.18. The molecular formula is C19H17ClN2O4. The number of nitrogens with one attached hydrogen (secondary N) is 1. The van der Waals surface area contributed by atoms with Crippen molar-refractivity contribution in [2.24, 2.45) is 0 Å². The largest absolute Gasteiger partial charge is 0.497 e. The van der Waals surface area contributed by atoms with Gasteiger partial charge in [0, 0.05) is 11.9 Å². The number of anilines is 1. The molecule has 0 atom stereocenters. The van der Waals surface area contributed by atoms with Gasteiger partial charge in [0.2, 0.25) is 5.76 Å². The summed E-state index contributed by atoms with van der Waals surface area (Å²) >= 11 is 6.07. The van der Waals surface area contributed by atoms with E-state index in [-0.39, 0.29) is 5.76 Å². The van der Waals surface area contributed by atoms with Crippen LogP contribution < -0.4 is 14.8 Å². The van der Waals surface area contributed by atoms with Gasteiger partial charge in [0.1, 0.15) is 11.5 Å². The maximum atomic E-state index is 12.5. The molecule has 0 saturated heterocycles. The molecule has 0 aliphatic carbocycles. The Morgan fingerprint density at radius 2 is 1.81 bits per heavy atom. The summed E-state index contributed by atoms with van der Waals surface area (Å²) in [7, 11) is 1.59. The van der Waals surface area contributed by atoms with E-state index in [0.29, 0.717) is 33.8 Å². The van der Waals surface area contributed by atoms with E-state index >= 15 is 0 Å². The van der Waals surface area contributed by atoms with Crippen molar-refractivity contribution in [2.75, 3.05) is 12.4 Å². The monoisotopic (exact) mass is 372 g/mol. The van der Waals surface area contributed by atoms with Crippen molar-refractivity contribution in [1.82, 2.24) is 4.98 Å². The van der Waals surface area contributed by atoms with Crippen LogP contribution in [0.5, 0.6) is 17.2 Å². The number of aryl methyl sites for hydroxylation is 2. The van der Waals surface area contributed by atoms with Gasteiger partial charge in [0.05, 0.1) is 18.5 Å². The van der Waals surface area contributed by atoms with Crippen LogP contribution in [0.15, 0.2) is 46.9 Å². The number of hydrogen-bond donors (Lipinski definition) is 1. The van der Waals surface area contributed by atoms with E-state index in [4.69, 9.17) is 25.5 Å². The van der Waals surface area contributed by atoms with Crippen LogP contribution in [0.4, 0.5) is 5.69 Å². The van der Waals surface area contributed by atoms with Crippen molar-refractivity contribution >= 4 is 23.2 Å². The lowest BCUT2D eigenvalue weighted by Gasteiger charge is -2.12. The Morgan fingerprint density at radius 1 is 1.12 bits per heavy atom. The molecule has 1 aromatic heterocycles. The Balaban J connectivity index is 1.85. The lowest BCUT2D eigenvalue weighted by atomic mass is 10.2. The number of hydrogen-bond acceptors (Lipinski definition) is 5. The molecule has 0 fully saturated rings. The lowest BCUT2D eigenvalue weighted by molar-refractivity contribution is 0.0994. The summed E-state index contributed by atoms with van der Waals surface area (Å²) in [5.74, 6) is 1.91. The molecule has 134 valence electrons. The van der Waals surface area contributed by atoms with Gasteiger partial charge in [-0.25, -0.2) is 4.98 Å². The van der Waals surface area contributed by atoms with Crippen LogP contribution in [0, 0.1) is 13.8 Å². The molecule has 0 spiro atoms. The van der Waals surface area contributed by atoms with E-state index in [1.54, 1.807) is 63.4 Å². The van der Waals surface area contributed by atoms with Crippen molar-refractivity contribution in [3.8, 4) is 17.2 Å². The van der Waals surface area contributed by atoms with Crippen molar-refractivity contribution in [3.05, 3.63) is 64.8 Å². The second kappa shape index (κ2) is 7.49. The molecule has 0 aliphatic rings. The van der Waals surface area contributed by atoms with Crippen molar-refractivity contribution in [2.45, 2.75) is 13.8 Å². The van der Waals surface area contributed by atoms with Gasteiger partial charge in [-0.2, -0.15) is 0 Å². The number of halogens is 1. The molecule has 3 rings (SSSR count). The van der Waals surface area contributed by atoms with Gasteiger partial charge >= 0.3 is 0 Å². The van der Waals surface area contributed by atoms with Crippen LogP contribution in [0.3, 0.4) is 0 Å². The van der Waals surface area contributed by atoms with Crippen LogP contribution >= 0.6 is 11.6 Å². The normalized spacial score (nSPS) is 10.5. The van der Waals surface area contributed by atoms with E-state index in [9.17, 15) is 4.79 Å². The number of methoxy groups -OCH3 is 1. The summed E-state index contributed by atoms with van der Waals surface area (Å²) < 4.78 is 16.3. The van der Waals surface area contributed by atoms with E-state index in [2.05, 4.69) is 10.3 Å². The minimum Gasteiger partial charge on any atom is -0.497 e. The third-order valence-electron chi connectivity index (χ3n) is 3.59. The fourth-order valence-electron chi connectivity index (χ4n) is 2.38. The zero-order valence-corrected chi connectivity index (χ0v) is 15.3. The molecular weight excluding hydrogens is 356 g/mol. The zero-order chi connectivity index (χ0) is 18.7. The first-order valence-corrected chi connectivity index (χ1v) is 8.21. The molecule has 26 heavy (non-hydrogen) atoms. The summed E-state index contributed by atoms with van der Waals surface area (Å²) in [6.45, 7) is 3.39. The Morgan fingerprint density at radius 3 is 2.42 bits per heavy atom. The maximum absolute atomic E-state index is 12.5. The maximum Gasteiger partial charge on any atom is 0.293 e. The minimum atomic E-state index is -0.426. The van der Waals surface area contributed by atoms with Gasteiger partial charge in [-0.15, -0.1) is 0 Å². The first-order chi connectivity index (χ1) is 12.5. The quantitative estimate of drug-likeness (QED) is 0.682. The molecule has 0 radical (unpaired) electrons. The summed E-state index contributed by atoms with van der Waals surface area (Å²) in [4.78, 5) is 16.6. The van der Waals surface area contributed by atoms with Gasteiger partial charge in [-0.1, -0.05) is 11.6 Å². The second-order valence-electron chi connectivity index (χ2n) is 5.52. The number of carbonyl (C=O) groups is 1. The highest BCUT2D eigenvalue weighted by Crippen LogP contribution is 2.33. The molecule has 6 nitrogen and oxygen atoms in total. The molecule has 0 saturated carbocycles. The van der Waals surface area contributed by atoms with E-state index in [0.717, 1.165) is 5.75 Å². The van der Waals surface area contributed by atoms with Crippen LogP contribution in [0.25, 0.3) is 0 Å². The number of aromatic nitrogens is 1. The number of carbonyl (C=O) groups excluding carboxylic acids is 1. The highest BCUT2D eigenvalue weighted by atomic mass is 35.5. The average Bonchev–Trinajstić information content (AvgIpc) is 2.96. The predicted octanol–water partition coefficient (Wildman–Crippen LogP) is 5.00. The van der Waals surface area contributed by atoms with Crippen LogP contribution in [0.1, 0.15) is 22.1 Å². The average molecular weight is 373 g/mol. The predicted molar refractivity (Wildman–Crippen MR) is 98.5 cm³/mol. The Labute approximate surface area is 155 Å². The van der Waals surface area contributed by atoms with Crippen molar-refractivity contribution in [1.29, 1.82) is 0 Å². The SMILES string of the molecule is COc1ccc(Oc2ccc(Cl)cc2NC(=O)c2oc(C)nc2C)cc1. The molecule has 0 unspecified atom stereocenters. The summed E-state index contributed by atoms with van der Waals surface area (Å²) in [6, 6.07) is 12.1. The summed E-state index contributed by atoms with van der Waals surface area (Å²) in [6.07, 6.45) is 0. The van der Waals surface area contributed by atoms with Gasteiger partial charge in [0.15, 0.2) is 11.6 Å². The fraction of sp³-hybridized carbons (Fsp3) is 0.158. The first-order valence-electron chi connectivity index (χ1n) is 7.83. The third-order valence-corrected chi connectivity index (χ3v) is 3.82. The molecule has 0 bridgehead atoms. The zero-order valence-electron chi connectivity index (χ0n) is 14.5. The summed E-state index contributed by atoms with van der Waals surface area (Å²) in [5.41, 5.74) is 0.937. The van der Waals surface area contributed by atoms with Crippen molar-refractivity contribution in [3.63, 3.8) is 0 Å². The highest BCUT2D eigenvalue weighted by molar-refractivity contribution is 6.31.